The summed E-state index contributed by atoms with van der Waals surface area (Å²) in [4.78, 5) is 11.8. The lowest BCUT2D eigenvalue weighted by molar-refractivity contribution is 0.0946. The Labute approximate surface area is 118 Å². The van der Waals surface area contributed by atoms with Gasteiger partial charge in [-0.25, -0.2) is 4.79 Å². The van der Waals surface area contributed by atoms with Crippen LogP contribution in [0, 0.1) is 0 Å². The largest absolute Gasteiger partial charge is 0.399 e. The highest BCUT2D eigenvalue weighted by Crippen LogP contribution is 2.45. The summed E-state index contributed by atoms with van der Waals surface area (Å²) in [5.41, 5.74) is 7.25. The molecule has 1 aromatic carbocycles. The van der Waals surface area contributed by atoms with E-state index in [1.54, 1.807) is 0 Å². The fraction of sp³-hybridized carbons (Fsp3) is 0.500. The summed E-state index contributed by atoms with van der Waals surface area (Å²) in [6, 6.07) is 7.40. The lowest BCUT2D eigenvalue weighted by atomic mass is 10.0. The van der Waals surface area contributed by atoms with Crippen molar-refractivity contribution in [2.75, 3.05) is 32.1 Å². The number of benzene rings is 1. The van der Waals surface area contributed by atoms with Crippen molar-refractivity contribution < 1.29 is 14.6 Å². The number of nitrogens with one attached hydrogen (secondary N) is 2. The number of carbonyl (C=O) groups is 1. The molecular weight excluding hydrogens is 258 g/mol. The van der Waals surface area contributed by atoms with Crippen molar-refractivity contribution in [2.24, 2.45) is 0 Å². The minimum absolute atomic E-state index is 0.00919. The Bertz CT molecular complexity index is 461. The van der Waals surface area contributed by atoms with E-state index >= 15 is 0 Å². The van der Waals surface area contributed by atoms with Crippen molar-refractivity contribution in [1.82, 2.24) is 10.6 Å². The molecule has 1 fully saturated rings. The highest BCUT2D eigenvalue weighted by Gasteiger charge is 2.45. The van der Waals surface area contributed by atoms with E-state index in [4.69, 9.17) is 15.6 Å². The highest BCUT2D eigenvalue weighted by molar-refractivity contribution is 5.75. The summed E-state index contributed by atoms with van der Waals surface area (Å²) in [5, 5.41) is 14.3. The predicted molar refractivity (Wildman–Crippen MR) is 76.2 cm³/mol. The molecule has 6 heteroatoms. The van der Waals surface area contributed by atoms with E-state index in [2.05, 4.69) is 10.6 Å². The number of rotatable bonds is 7. The van der Waals surface area contributed by atoms with Crippen LogP contribution in [-0.2, 0) is 10.3 Å². The highest BCUT2D eigenvalue weighted by atomic mass is 16.5. The summed E-state index contributed by atoms with van der Waals surface area (Å²) in [6.45, 7) is 1.08. The zero-order valence-electron chi connectivity index (χ0n) is 11.4. The topological polar surface area (TPSA) is 96.6 Å². The third kappa shape index (κ3) is 3.85. The summed E-state index contributed by atoms with van der Waals surface area (Å²) in [5.74, 6) is 0. The molecule has 6 nitrogen and oxygen atoms in total. The first-order chi connectivity index (χ1) is 9.66. The SMILES string of the molecule is Nc1cccc(C2(NC(=O)NCCOCCO)CC2)c1. The molecule has 1 saturated carbocycles. The minimum atomic E-state index is -0.272. The van der Waals surface area contributed by atoms with Gasteiger partial charge in [0, 0.05) is 12.2 Å². The van der Waals surface area contributed by atoms with Gasteiger partial charge in [-0.05, 0) is 30.5 Å². The molecule has 110 valence electrons. The maximum absolute atomic E-state index is 11.8. The number of urea groups is 1. The molecule has 0 aromatic heterocycles. The normalized spacial score (nSPS) is 15.7. The number of ether oxygens (including phenoxy) is 1. The molecule has 0 heterocycles. The third-order valence-corrected chi connectivity index (χ3v) is 3.31. The number of nitrogen functional groups attached to an aromatic ring is 1. The average molecular weight is 279 g/mol. The summed E-state index contributed by atoms with van der Waals surface area (Å²) in [7, 11) is 0. The number of hydrogen-bond donors (Lipinski definition) is 4. The van der Waals surface area contributed by atoms with Crippen molar-refractivity contribution in [1.29, 1.82) is 0 Å². The lowest BCUT2D eigenvalue weighted by Crippen LogP contribution is -2.43. The molecule has 20 heavy (non-hydrogen) atoms. The first kappa shape index (κ1) is 14.6. The van der Waals surface area contributed by atoms with Gasteiger partial charge in [-0.15, -0.1) is 0 Å². The standard InChI is InChI=1S/C14H21N3O3/c15-12-3-1-2-11(10-12)14(4-5-14)17-13(19)16-6-8-20-9-7-18/h1-3,10,18H,4-9,15H2,(H2,16,17,19). The van der Waals surface area contributed by atoms with E-state index in [1.165, 1.54) is 0 Å². The van der Waals surface area contributed by atoms with Crippen LogP contribution in [0.3, 0.4) is 0 Å². The molecule has 1 aliphatic carbocycles. The van der Waals surface area contributed by atoms with Gasteiger partial charge in [0.2, 0.25) is 0 Å². The van der Waals surface area contributed by atoms with E-state index in [-0.39, 0.29) is 24.8 Å². The summed E-state index contributed by atoms with van der Waals surface area (Å²) in [6.07, 6.45) is 1.84. The maximum Gasteiger partial charge on any atom is 0.315 e. The molecule has 0 bridgehead atoms. The Kier molecular flexibility index (Phi) is 4.81. The number of aliphatic hydroxyl groups excluding tert-OH is 1. The van der Waals surface area contributed by atoms with Crippen LogP contribution in [0.2, 0.25) is 0 Å². The van der Waals surface area contributed by atoms with E-state index in [9.17, 15) is 4.79 Å². The number of amides is 2. The molecule has 1 aromatic rings. The van der Waals surface area contributed by atoms with Crippen molar-refractivity contribution in [3.8, 4) is 0 Å². The minimum Gasteiger partial charge on any atom is -0.399 e. The van der Waals surface area contributed by atoms with Gasteiger partial charge in [-0.3, -0.25) is 0 Å². The first-order valence-corrected chi connectivity index (χ1v) is 6.77. The average Bonchev–Trinajstić information content (AvgIpc) is 3.19. The molecule has 0 spiro atoms. The zero-order chi connectivity index (χ0) is 14.4. The van der Waals surface area contributed by atoms with Gasteiger partial charge < -0.3 is 26.2 Å². The van der Waals surface area contributed by atoms with Crippen LogP contribution in [0.4, 0.5) is 10.5 Å². The van der Waals surface area contributed by atoms with Gasteiger partial charge in [-0.2, -0.15) is 0 Å². The number of carbonyl (C=O) groups excluding carboxylic acids is 1. The second-order valence-electron chi connectivity index (χ2n) is 4.92. The Balaban J connectivity index is 1.79. The van der Waals surface area contributed by atoms with Gasteiger partial charge in [0.05, 0.1) is 25.4 Å². The zero-order valence-corrected chi connectivity index (χ0v) is 11.4. The molecule has 1 aliphatic rings. The fourth-order valence-electron chi connectivity index (χ4n) is 2.11. The van der Waals surface area contributed by atoms with Crippen molar-refractivity contribution in [3.63, 3.8) is 0 Å². The predicted octanol–water partition coefficient (Wildman–Crippen LogP) is 0.566. The quantitative estimate of drug-likeness (QED) is 0.433. The molecule has 0 atom stereocenters. The molecular formula is C14H21N3O3. The van der Waals surface area contributed by atoms with Crippen LogP contribution in [0.5, 0.6) is 0 Å². The van der Waals surface area contributed by atoms with Crippen LogP contribution >= 0.6 is 0 Å². The summed E-state index contributed by atoms with van der Waals surface area (Å²) >= 11 is 0. The van der Waals surface area contributed by atoms with Gasteiger partial charge >= 0.3 is 6.03 Å². The van der Waals surface area contributed by atoms with Crippen LogP contribution in [0.15, 0.2) is 24.3 Å². The number of nitrogens with two attached hydrogens (primary N) is 1. The molecule has 2 amide bonds. The second-order valence-corrected chi connectivity index (χ2v) is 4.92. The Morgan fingerprint density at radius 3 is 2.85 bits per heavy atom. The number of anilines is 1. The van der Waals surface area contributed by atoms with Gasteiger partial charge in [0.1, 0.15) is 0 Å². The van der Waals surface area contributed by atoms with Crippen LogP contribution in [0.25, 0.3) is 0 Å². The maximum atomic E-state index is 11.8. The lowest BCUT2D eigenvalue weighted by Gasteiger charge is -2.19. The van der Waals surface area contributed by atoms with Crippen molar-refractivity contribution in [2.45, 2.75) is 18.4 Å². The van der Waals surface area contributed by atoms with E-state index in [0.717, 1.165) is 18.4 Å². The number of aliphatic hydroxyl groups is 1. The fourth-order valence-corrected chi connectivity index (χ4v) is 2.11. The molecule has 5 N–H and O–H groups in total. The van der Waals surface area contributed by atoms with Crippen LogP contribution < -0.4 is 16.4 Å². The van der Waals surface area contributed by atoms with E-state index < -0.39 is 0 Å². The van der Waals surface area contributed by atoms with Gasteiger partial charge in [-0.1, -0.05) is 12.1 Å². The van der Waals surface area contributed by atoms with E-state index in [1.807, 2.05) is 24.3 Å². The number of hydrogen-bond acceptors (Lipinski definition) is 4. The third-order valence-electron chi connectivity index (χ3n) is 3.31. The summed E-state index contributed by atoms with van der Waals surface area (Å²) < 4.78 is 5.07. The van der Waals surface area contributed by atoms with Crippen LogP contribution in [-0.4, -0.2) is 37.5 Å². The molecule has 0 unspecified atom stereocenters. The molecule has 0 aliphatic heterocycles. The van der Waals surface area contributed by atoms with Gasteiger partial charge in [0.25, 0.3) is 0 Å². The second kappa shape index (κ2) is 6.58. The Morgan fingerprint density at radius 2 is 2.20 bits per heavy atom. The molecule has 2 rings (SSSR count). The Hall–Kier alpha value is -1.79. The Morgan fingerprint density at radius 1 is 1.40 bits per heavy atom. The van der Waals surface area contributed by atoms with E-state index in [0.29, 0.717) is 18.8 Å². The monoisotopic (exact) mass is 279 g/mol. The first-order valence-electron chi connectivity index (χ1n) is 6.77. The molecule has 0 radical (unpaired) electrons. The van der Waals surface area contributed by atoms with Crippen molar-refractivity contribution in [3.05, 3.63) is 29.8 Å². The van der Waals surface area contributed by atoms with Crippen LogP contribution in [0.1, 0.15) is 18.4 Å². The van der Waals surface area contributed by atoms with Gasteiger partial charge in [0.15, 0.2) is 0 Å². The molecule has 0 saturated heterocycles. The van der Waals surface area contributed by atoms with Crippen molar-refractivity contribution >= 4 is 11.7 Å². The smallest absolute Gasteiger partial charge is 0.315 e.